The predicted octanol–water partition coefficient (Wildman–Crippen LogP) is 2.38. The zero-order chi connectivity index (χ0) is 16.0. The van der Waals surface area contributed by atoms with Crippen LogP contribution in [0.1, 0.15) is 23.6 Å². The molecule has 1 heterocycles. The van der Waals surface area contributed by atoms with E-state index in [0.29, 0.717) is 0 Å². The fourth-order valence-corrected chi connectivity index (χ4v) is 2.95. The summed E-state index contributed by atoms with van der Waals surface area (Å²) >= 11 is 1.51. The minimum absolute atomic E-state index is 0.156. The molecule has 0 aliphatic carbocycles. The highest BCUT2D eigenvalue weighted by atomic mass is 32.1. The Labute approximate surface area is 134 Å². The number of amides is 1. The number of nitrogens with one attached hydrogen (secondary N) is 1. The van der Waals surface area contributed by atoms with Crippen LogP contribution < -0.4 is 5.32 Å². The molecular weight excluding hydrogens is 296 g/mol. The van der Waals surface area contributed by atoms with Crippen molar-refractivity contribution in [3.05, 3.63) is 57.8 Å². The van der Waals surface area contributed by atoms with Crippen molar-refractivity contribution in [2.24, 2.45) is 0 Å². The number of hydrogen-bond donors (Lipinski definition) is 2. The van der Waals surface area contributed by atoms with Gasteiger partial charge >= 0.3 is 0 Å². The molecule has 2 N–H and O–H groups in total. The first-order chi connectivity index (χ1) is 10.5. The Morgan fingerprint density at radius 3 is 2.73 bits per heavy atom. The highest BCUT2D eigenvalue weighted by Crippen LogP contribution is 2.22. The van der Waals surface area contributed by atoms with Crippen molar-refractivity contribution < 1.29 is 9.90 Å². The molecule has 0 bridgehead atoms. The van der Waals surface area contributed by atoms with Gasteiger partial charge in [-0.3, -0.25) is 4.79 Å². The summed E-state index contributed by atoms with van der Waals surface area (Å²) in [5, 5.41) is 25.7. The van der Waals surface area contributed by atoms with Crippen LogP contribution in [-0.2, 0) is 23.2 Å². The molecule has 0 aliphatic rings. The van der Waals surface area contributed by atoms with Gasteiger partial charge in [0.25, 0.3) is 0 Å². The third-order valence-electron chi connectivity index (χ3n) is 3.51. The molecule has 1 atom stereocenters. The van der Waals surface area contributed by atoms with Crippen LogP contribution in [0.5, 0.6) is 0 Å². The molecule has 1 amide bonds. The summed E-state index contributed by atoms with van der Waals surface area (Å²) in [7, 11) is 0. The van der Waals surface area contributed by atoms with Crippen LogP contribution >= 0.6 is 11.3 Å². The maximum atomic E-state index is 12.1. The Balaban J connectivity index is 1.95. The normalized spacial score (nSPS) is 13.1. The molecule has 5 heteroatoms. The second-order valence-corrected chi connectivity index (χ2v) is 6.12. The number of carbonyl (C=O) groups excluding carboxylic acids is 1. The lowest BCUT2D eigenvalue weighted by atomic mass is 9.98. The first-order valence-corrected chi connectivity index (χ1v) is 7.92. The van der Waals surface area contributed by atoms with Crippen molar-refractivity contribution in [3.63, 3.8) is 0 Å². The van der Waals surface area contributed by atoms with Gasteiger partial charge in [-0.1, -0.05) is 24.3 Å². The molecule has 0 saturated heterocycles. The Kier molecular flexibility index (Phi) is 5.31. The van der Waals surface area contributed by atoms with Crippen LogP contribution in [0.2, 0.25) is 0 Å². The summed E-state index contributed by atoms with van der Waals surface area (Å²) in [6.07, 6.45) is 0.494. The van der Waals surface area contributed by atoms with Gasteiger partial charge in [-0.2, -0.15) is 16.6 Å². The third kappa shape index (κ3) is 4.17. The standard InChI is InChI=1S/C17H18N2O2S/c1-17(21,15-7-9-22-11-15)12-19-16(20)10-14-5-3-2-4-13(14)6-8-18/h2-5,7,9,11,21H,6,10,12H2,1H3,(H,19,20). The minimum atomic E-state index is -1.08. The van der Waals surface area contributed by atoms with E-state index in [1.54, 1.807) is 6.92 Å². The number of aliphatic hydroxyl groups is 1. The monoisotopic (exact) mass is 314 g/mol. The van der Waals surface area contributed by atoms with Gasteiger partial charge in [0, 0.05) is 0 Å². The van der Waals surface area contributed by atoms with Crippen LogP contribution in [0.25, 0.3) is 0 Å². The molecule has 0 fully saturated rings. The molecule has 0 radical (unpaired) electrons. The summed E-state index contributed by atoms with van der Waals surface area (Å²) in [4.78, 5) is 12.1. The van der Waals surface area contributed by atoms with Gasteiger partial charge < -0.3 is 10.4 Å². The predicted molar refractivity (Wildman–Crippen MR) is 86.4 cm³/mol. The van der Waals surface area contributed by atoms with Gasteiger partial charge in [0.2, 0.25) is 5.91 Å². The maximum Gasteiger partial charge on any atom is 0.224 e. The topological polar surface area (TPSA) is 73.1 Å². The molecule has 1 aromatic heterocycles. The summed E-state index contributed by atoms with van der Waals surface area (Å²) in [6.45, 7) is 1.84. The van der Waals surface area contributed by atoms with Crippen LogP contribution in [0.4, 0.5) is 0 Å². The quantitative estimate of drug-likeness (QED) is 0.860. The smallest absolute Gasteiger partial charge is 0.224 e. The molecule has 2 rings (SSSR count). The van der Waals surface area contributed by atoms with Gasteiger partial charge in [-0.05, 0) is 40.4 Å². The number of thiophene rings is 1. The Hall–Kier alpha value is -2.16. The third-order valence-corrected chi connectivity index (χ3v) is 4.19. The summed E-state index contributed by atoms with van der Waals surface area (Å²) in [6, 6.07) is 11.4. The lowest BCUT2D eigenvalue weighted by Gasteiger charge is -2.23. The number of nitriles is 1. The Morgan fingerprint density at radius 1 is 1.36 bits per heavy atom. The largest absolute Gasteiger partial charge is 0.384 e. The van der Waals surface area contributed by atoms with Crippen molar-refractivity contribution in [3.8, 4) is 6.07 Å². The first-order valence-electron chi connectivity index (χ1n) is 6.98. The van der Waals surface area contributed by atoms with E-state index in [1.165, 1.54) is 11.3 Å². The van der Waals surface area contributed by atoms with E-state index in [-0.39, 0.29) is 25.3 Å². The van der Waals surface area contributed by atoms with Crippen LogP contribution in [-0.4, -0.2) is 17.6 Å². The van der Waals surface area contributed by atoms with Crippen LogP contribution in [0, 0.1) is 11.3 Å². The number of carbonyl (C=O) groups is 1. The summed E-state index contributed by atoms with van der Waals surface area (Å²) in [5.41, 5.74) is 1.42. The van der Waals surface area contributed by atoms with Crippen molar-refractivity contribution in [2.75, 3.05) is 6.54 Å². The van der Waals surface area contributed by atoms with Crippen molar-refractivity contribution in [2.45, 2.75) is 25.4 Å². The zero-order valence-corrected chi connectivity index (χ0v) is 13.2. The van der Waals surface area contributed by atoms with E-state index >= 15 is 0 Å². The molecule has 2 aromatic rings. The second kappa shape index (κ2) is 7.21. The Morgan fingerprint density at radius 2 is 2.09 bits per heavy atom. The Bertz CT molecular complexity index is 672. The van der Waals surface area contributed by atoms with Crippen LogP contribution in [0.3, 0.4) is 0 Å². The molecule has 0 saturated carbocycles. The fraction of sp³-hybridized carbons (Fsp3) is 0.294. The molecule has 0 spiro atoms. The van der Waals surface area contributed by atoms with Gasteiger partial charge in [-0.25, -0.2) is 0 Å². The number of benzene rings is 1. The summed E-state index contributed by atoms with van der Waals surface area (Å²) in [5.74, 6) is -0.166. The summed E-state index contributed by atoms with van der Waals surface area (Å²) < 4.78 is 0. The molecule has 4 nitrogen and oxygen atoms in total. The van der Waals surface area contributed by atoms with Gasteiger partial charge in [0.05, 0.1) is 25.5 Å². The van der Waals surface area contributed by atoms with E-state index in [4.69, 9.17) is 5.26 Å². The highest BCUT2D eigenvalue weighted by Gasteiger charge is 2.24. The average molecular weight is 314 g/mol. The molecule has 0 aliphatic heterocycles. The zero-order valence-electron chi connectivity index (χ0n) is 12.4. The molecule has 1 unspecified atom stereocenters. The van der Waals surface area contributed by atoms with Crippen LogP contribution in [0.15, 0.2) is 41.1 Å². The minimum Gasteiger partial charge on any atom is -0.384 e. The molecule has 1 aromatic carbocycles. The van der Waals surface area contributed by atoms with E-state index in [1.807, 2.05) is 41.1 Å². The van der Waals surface area contributed by atoms with E-state index in [9.17, 15) is 9.90 Å². The van der Waals surface area contributed by atoms with Crippen molar-refractivity contribution in [1.29, 1.82) is 5.26 Å². The number of nitrogens with zero attached hydrogens (tertiary/aromatic N) is 1. The lowest BCUT2D eigenvalue weighted by Crippen LogP contribution is -2.39. The van der Waals surface area contributed by atoms with Crippen molar-refractivity contribution in [1.82, 2.24) is 5.32 Å². The van der Waals surface area contributed by atoms with Gasteiger partial charge in [0.15, 0.2) is 0 Å². The molecule has 22 heavy (non-hydrogen) atoms. The molecular formula is C17H18N2O2S. The SMILES string of the molecule is CC(O)(CNC(=O)Cc1ccccc1CC#N)c1ccsc1. The second-order valence-electron chi connectivity index (χ2n) is 5.34. The fourth-order valence-electron chi connectivity index (χ4n) is 2.17. The maximum absolute atomic E-state index is 12.1. The first kappa shape index (κ1) is 16.2. The molecule has 114 valence electrons. The highest BCUT2D eigenvalue weighted by molar-refractivity contribution is 7.08. The van der Waals surface area contributed by atoms with E-state index in [2.05, 4.69) is 11.4 Å². The van der Waals surface area contributed by atoms with E-state index in [0.717, 1.165) is 16.7 Å². The van der Waals surface area contributed by atoms with E-state index < -0.39 is 5.60 Å². The average Bonchev–Trinajstić information content (AvgIpc) is 3.03. The number of hydrogen-bond acceptors (Lipinski definition) is 4. The number of rotatable bonds is 6. The van der Waals surface area contributed by atoms with Crippen molar-refractivity contribution >= 4 is 17.2 Å². The lowest BCUT2D eigenvalue weighted by molar-refractivity contribution is -0.121. The van der Waals surface area contributed by atoms with Gasteiger partial charge in [0.1, 0.15) is 5.60 Å². The van der Waals surface area contributed by atoms with Gasteiger partial charge in [-0.15, -0.1) is 0 Å².